The average molecular weight is 387 g/mol. The molecule has 26 heavy (non-hydrogen) atoms. The minimum Gasteiger partial charge on any atom is -0.349 e. The SMILES string of the molecule is Cc1ccc2nc(N3CCS(=O)(=O)c4ccccc4C3C)cc(Cl)c2c1. The van der Waals surface area contributed by atoms with Gasteiger partial charge in [-0.25, -0.2) is 13.4 Å². The Morgan fingerprint density at radius 3 is 2.73 bits per heavy atom. The number of hydrogen-bond donors (Lipinski definition) is 0. The lowest BCUT2D eigenvalue weighted by atomic mass is 10.1. The molecule has 1 aliphatic heterocycles. The standard InChI is InChI=1S/C20H19ClN2O2S/c1-13-7-8-18-16(11-13)17(21)12-20(22-18)23-9-10-26(24,25)19-6-4-3-5-15(19)14(23)2/h3-8,11-12,14H,9-10H2,1-2H3. The first kappa shape index (κ1) is 17.3. The molecule has 0 aliphatic carbocycles. The Kier molecular flexibility index (Phi) is 4.16. The molecule has 4 nitrogen and oxygen atoms in total. The lowest BCUT2D eigenvalue weighted by Gasteiger charge is -2.29. The summed E-state index contributed by atoms with van der Waals surface area (Å²) < 4.78 is 25.3. The summed E-state index contributed by atoms with van der Waals surface area (Å²) in [7, 11) is -3.31. The van der Waals surface area contributed by atoms with Crippen molar-refractivity contribution in [2.24, 2.45) is 0 Å². The van der Waals surface area contributed by atoms with E-state index >= 15 is 0 Å². The fraction of sp³-hybridized carbons (Fsp3) is 0.250. The molecule has 1 aromatic heterocycles. The van der Waals surface area contributed by atoms with Crippen LogP contribution in [0.25, 0.3) is 10.9 Å². The smallest absolute Gasteiger partial charge is 0.180 e. The van der Waals surface area contributed by atoms with E-state index in [0.717, 1.165) is 22.0 Å². The fourth-order valence-electron chi connectivity index (χ4n) is 3.54. The third-order valence-corrected chi connectivity index (χ3v) is 7.04. The molecule has 0 saturated carbocycles. The van der Waals surface area contributed by atoms with Crippen LogP contribution in [0.15, 0.2) is 53.4 Å². The van der Waals surface area contributed by atoms with Gasteiger partial charge < -0.3 is 4.90 Å². The van der Waals surface area contributed by atoms with Gasteiger partial charge in [-0.15, -0.1) is 0 Å². The van der Waals surface area contributed by atoms with Crippen LogP contribution in [0.5, 0.6) is 0 Å². The number of benzene rings is 2. The van der Waals surface area contributed by atoms with Crippen molar-refractivity contribution >= 4 is 38.2 Å². The third-order valence-electron chi connectivity index (χ3n) is 4.97. The summed E-state index contributed by atoms with van der Waals surface area (Å²) in [4.78, 5) is 7.20. The predicted molar refractivity (Wildman–Crippen MR) is 106 cm³/mol. The molecule has 1 aliphatic rings. The summed E-state index contributed by atoms with van der Waals surface area (Å²) in [6.07, 6.45) is 0. The highest BCUT2D eigenvalue weighted by Gasteiger charge is 2.30. The van der Waals surface area contributed by atoms with E-state index in [1.165, 1.54) is 0 Å². The maximum atomic E-state index is 12.7. The molecule has 1 atom stereocenters. The van der Waals surface area contributed by atoms with Crippen LogP contribution in [-0.4, -0.2) is 25.7 Å². The third kappa shape index (κ3) is 2.85. The molecule has 4 rings (SSSR count). The van der Waals surface area contributed by atoms with Gasteiger partial charge >= 0.3 is 0 Å². The number of fused-ring (bicyclic) bond motifs is 2. The number of pyridine rings is 1. The predicted octanol–water partition coefficient (Wildman–Crippen LogP) is 4.55. The Balaban J connectivity index is 1.86. The summed E-state index contributed by atoms with van der Waals surface area (Å²) in [5, 5.41) is 1.53. The lowest BCUT2D eigenvalue weighted by molar-refractivity contribution is 0.596. The van der Waals surface area contributed by atoms with Gasteiger partial charge in [0.05, 0.1) is 27.2 Å². The van der Waals surface area contributed by atoms with E-state index in [1.807, 2.05) is 55.1 Å². The number of anilines is 1. The zero-order chi connectivity index (χ0) is 18.5. The molecule has 6 heteroatoms. The van der Waals surface area contributed by atoms with Gasteiger partial charge in [0, 0.05) is 11.9 Å². The first-order valence-corrected chi connectivity index (χ1v) is 10.5. The lowest BCUT2D eigenvalue weighted by Crippen LogP contribution is -2.29. The van der Waals surface area contributed by atoms with Crippen LogP contribution in [-0.2, 0) is 9.84 Å². The molecule has 0 radical (unpaired) electrons. The van der Waals surface area contributed by atoms with E-state index in [4.69, 9.17) is 16.6 Å². The number of rotatable bonds is 1. The van der Waals surface area contributed by atoms with E-state index in [2.05, 4.69) is 0 Å². The van der Waals surface area contributed by atoms with Crippen molar-refractivity contribution in [1.29, 1.82) is 0 Å². The maximum absolute atomic E-state index is 12.7. The Morgan fingerprint density at radius 2 is 1.92 bits per heavy atom. The van der Waals surface area contributed by atoms with E-state index in [0.29, 0.717) is 22.3 Å². The van der Waals surface area contributed by atoms with Crippen molar-refractivity contribution < 1.29 is 8.42 Å². The highest BCUT2D eigenvalue weighted by Crippen LogP contribution is 2.36. The van der Waals surface area contributed by atoms with Gasteiger partial charge in [-0.05, 0) is 43.7 Å². The van der Waals surface area contributed by atoms with E-state index < -0.39 is 9.84 Å². The number of aromatic nitrogens is 1. The summed E-state index contributed by atoms with van der Waals surface area (Å²) in [5.41, 5.74) is 2.73. The molecule has 2 heterocycles. The zero-order valence-electron chi connectivity index (χ0n) is 14.6. The van der Waals surface area contributed by atoms with Crippen molar-refractivity contribution in [1.82, 2.24) is 4.98 Å². The normalized spacial score (nSPS) is 19.2. The molecule has 1 unspecified atom stereocenters. The molecule has 0 saturated heterocycles. The minimum atomic E-state index is -3.31. The van der Waals surface area contributed by atoms with Crippen LogP contribution in [0.3, 0.4) is 0 Å². The molecule has 0 spiro atoms. The summed E-state index contributed by atoms with van der Waals surface area (Å²) >= 11 is 6.51. The van der Waals surface area contributed by atoms with E-state index in [1.54, 1.807) is 12.1 Å². The number of halogens is 1. The number of nitrogens with zero attached hydrogens (tertiary/aromatic N) is 2. The molecule has 134 valence electrons. The van der Waals surface area contributed by atoms with Gasteiger partial charge in [-0.3, -0.25) is 0 Å². The molecular formula is C20H19ClN2O2S. The molecule has 0 fully saturated rings. The average Bonchev–Trinajstić information content (AvgIpc) is 2.71. The van der Waals surface area contributed by atoms with Crippen LogP contribution in [0, 0.1) is 6.92 Å². The second kappa shape index (κ2) is 6.25. The zero-order valence-corrected chi connectivity index (χ0v) is 16.2. The van der Waals surface area contributed by atoms with Crippen molar-refractivity contribution in [3.63, 3.8) is 0 Å². The summed E-state index contributed by atoms with van der Waals surface area (Å²) in [5.74, 6) is 0.755. The van der Waals surface area contributed by atoms with Crippen LogP contribution in [0.4, 0.5) is 5.82 Å². The second-order valence-electron chi connectivity index (χ2n) is 6.71. The first-order valence-electron chi connectivity index (χ1n) is 8.52. The maximum Gasteiger partial charge on any atom is 0.180 e. The van der Waals surface area contributed by atoms with E-state index in [9.17, 15) is 8.42 Å². The first-order chi connectivity index (χ1) is 12.4. The highest BCUT2D eigenvalue weighted by molar-refractivity contribution is 7.91. The monoisotopic (exact) mass is 386 g/mol. The van der Waals surface area contributed by atoms with Crippen molar-refractivity contribution in [2.75, 3.05) is 17.2 Å². The summed E-state index contributed by atoms with van der Waals surface area (Å²) in [6.45, 7) is 4.40. The van der Waals surface area contributed by atoms with Gasteiger partial charge in [0.25, 0.3) is 0 Å². The Bertz CT molecular complexity index is 1110. The summed E-state index contributed by atoms with van der Waals surface area (Å²) in [6, 6.07) is 14.9. The Labute approximate surface area is 158 Å². The molecule has 0 amide bonds. The van der Waals surface area contributed by atoms with Gasteiger partial charge in [0.1, 0.15) is 5.82 Å². The minimum absolute atomic E-state index is 0.0551. The van der Waals surface area contributed by atoms with E-state index in [-0.39, 0.29) is 11.8 Å². The van der Waals surface area contributed by atoms with Gasteiger partial charge in [-0.2, -0.15) is 0 Å². The largest absolute Gasteiger partial charge is 0.349 e. The van der Waals surface area contributed by atoms with Crippen LogP contribution in [0.2, 0.25) is 5.02 Å². The highest BCUT2D eigenvalue weighted by atomic mass is 35.5. The van der Waals surface area contributed by atoms with Gasteiger partial charge in [-0.1, -0.05) is 41.4 Å². The number of sulfone groups is 1. The second-order valence-corrected chi connectivity index (χ2v) is 9.19. The van der Waals surface area contributed by atoms with Crippen molar-refractivity contribution in [3.8, 4) is 0 Å². The van der Waals surface area contributed by atoms with Crippen LogP contribution < -0.4 is 4.90 Å². The number of aryl methyl sites for hydroxylation is 1. The topological polar surface area (TPSA) is 50.3 Å². The quantitative estimate of drug-likeness (QED) is 0.615. The fourth-order valence-corrected chi connectivity index (χ4v) is 5.33. The number of hydrogen-bond acceptors (Lipinski definition) is 4. The van der Waals surface area contributed by atoms with Gasteiger partial charge in [0.2, 0.25) is 0 Å². The molecule has 0 bridgehead atoms. The van der Waals surface area contributed by atoms with Crippen molar-refractivity contribution in [2.45, 2.75) is 24.8 Å². The van der Waals surface area contributed by atoms with Crippen LogP contribution in [0.1, 0.15) is 24.1 Å². The van der Waals surface area contributed by atoms with Gasteiger partial charge in [0.15, 0.2) is 9.84 Å². The molecule has 3 aromatic rings. The molecule has 0 N–H and O–H groups in total. The molecular weight excluding hydrogens is 368 g/mol. The van der Waals surface area contributed by atoms with Crippen LogP contribution >= 0.6 is 11.6 Å². The molecule has 2 aromatic carbocycles. The van der Waals surface area contributed by atoms with Crippen molar-refractivity contribution in [3.05, 3.63) is 64.7 Å². The Morgan fingerprint density at radius 1 is 1.15 bits per heavy atom. The Hall–Kier alpha value is -2.11.